The van der Waals surface area contributed by atoms with E-state index in [2.05, 4.69) is 48.4 Å². The van der Waals surface area contributed by atoms with Crippen LogP contribution in [0.3, 0.4) is 0 Å². The number of aromatic amines is 1. The molecule has 0 radical (unpaired) electrons. The largest absolute Gasteiger partial charge is 0.360 e. The fourth-order valence-corrected chi connectivity index (χ4v) is 4.18. The quantitative estimate of drug-likeness (QED) is 0.569. The van der Waals surface area contributed by atoms with E-state index in [4.69, 9.17) is 10.1 Å². The molecule has 0 spiro atoms. The van der Waals surface area contributed by atoms with Gasteiger partial charge in [0.15, 0.2) is 5.16 Å². The number of fused-ring (bicyclic) bond motifs is 2. The lowest BCUT2D eigenvalue weighted by Crippen LogP contribution is -2.20. The summed E-state index contributed by atoms with van der Waals surface area (Å²) >= 11 is 1.75. The number of aromatic nitrogens is 3. The monoisotopic (exact) mass is 344 g/mol. The molecular formula is C20H16N4S. The third-order valence-corrected chi connectivity index (χ3v) is 5.54. The maximum absolute atomic E-state index is 4.90. The molecular weight excluding hydrogens is 328 g/mol. The van der Waals surface area contributed by atoms with E-state index in [9.17, 15) is 0 Å². The molecule has 3 heterocycles. The van der Waals surface area contributed by atoms with Gasteiger partial charge in [-0.3, -0.25) is 0 Å². The maximum atomic E-state index is 4.90. The zero-order valence-corrected chi connectivity index (χ0v) is 14.5. The molecule has 5 rings (SSSR count). The molecule has 2 aromatic carbocycles. The molecule has 2 aromatic heterocycles. The van der Waals surface area contributed by atoms with Gasteiger partial charge >= 0.3 is 0 Å². The van der Waals surface area contributed by atoms with Gasteiger partial charge in [-0.1, -0.05) is 60.3 Å². The number of imidazole rings is 1. The Balaban J connectivity index is 1.62. The number of H-pyrrole nitrogens is 1. The Bertz CT molecular complexity index is 1090. The van der Waals surface area contributed by atoms with Crippen molar-refractivity contribution < 1.29 is 0 Å². The number of hydrogen-bond donors (Lipinski definition) is 1. The lowest BCUT2D eigenvalue weighted by atomic mass is 10.1. The summed E-state index contributed by atoms with van der Waals surface area (Å²) in [4.78, 5) is 8.11. The van der Waals surface area contributed by atoms with Crippen molar-refractivity contribution in [1.82, 2.24) is 14.6 Å². The normalized spacial score (nSPS) is 16.7. The van der Waals surface area contributed by atoms with E-state index >= 15 is 0 Å². The number of hydrogen-bond acceptors (Lipinski definition) is 3. The SMILES string of the molecule is C[C@@H]1Sc2nc(-c3ccccc3)cn2N=C1c1c[nH]c2ccccc12. The molecule has 5 heteroatoms. The number of rotatable bonds is 2. The van der Waals surface area contributed by atoms with Crippen LogP contribution >= 0.6 is 11.8 Å². The molecule has 0 fully saturated rings. The summed E-state index contributed by atoms with van der Waals surface area (Å²) in [7, 11) is 0. The molecule has 4 aromatic rings. The summed E-state index contributed by atoms with van der Waals surface area (Å²) in [6, 6.07) is 18.6. The molecule has 1 aliphatic rings. The van der Waals surface area contributed by atoms with E-state index in [1.807, 2.05) is 35.1 Å². The summed E-state index contributed by atoms with van der Waals surface area (Å²) in [6.07, 6.45) is 4.07. The minimum absolute atomic E-state index is 0.248. The van der Waals surface area contributed by atoms with Crippen molar-refractivity contribution in [2.45, 2.75) is 17.3 Å². The summed E-state index contributed by atoms with van der Waals surface area (Å²) < 4.78 is 1.91. The standard InChI is InChI=1S/C20H16N4S/c1-13-19(16-11-21-17-10-6-5-9-15(16)17)23-24-12-18(22-20(24)25-13)14-7-3-2-4-8-14/h2-13,21H,1H3/t13-/m0/s1. The molecule has 0 saturated heterocycles. The van der Waals surface area contributed by atoms with Gasteiger partial charge in [-0.05, 0) is 13.0 Å². The lowest BCUT2D eigenvalue weighted by Gasteiger charge is -2.18. The summed E-state index contributed by atoms with van der Waals surface area (Å²) in [5.74, 6) is 0. The first kappa shape index (κ1) is 14.5. The molecule has 1 aliphatic heterocycles. The zero-order valence-electron chi connectivity index (χ0n) is 13.7. The molecule has 0 bridgehead atoms. The van der Waals surface area contributed by atoms with Crippen molar-refractivity contribution in [2.75, 3.05) is 0 Å². The van der Waals surface area contributed by atoms with Gasteiger partial charge in [-0.25, -0.2) is 9.66 Å². The molecule has 1 N–H and O–H groups in total. The van der Waals surface area contributed by atoms with Gasteiger partial charge in [0.05, 0.1) is 22.9 Å². The average molecular weight is 344 g/mol. The highest BCUT2D eigenvalue weighted by atomic mass is 32.2. The van der Waals surface area contributed by atoms with E-state index in [0.717, 1.165) is 33.2 Å². The van der Waals surface area contributed by atoms with E-state index in [0.29, 0.717) is 0 Å². The molecule has 0 unspecified atom stereocenters. The smallest absolute Gasteiger partial charge is 0.190 e. The van der Waals surface area contributed by atoms with Crippen LogP contribution in [0.2, 0.25) is 0 Å². The number of nitrogens with one attached hydrogen (secondary N) is 1. The van der Waals surface area contributed by atoms with Crippen LogP contribution in [0.5, 0.6) is 0 Å². The van der Waals surface area contributed by atoms with Crippen LogP contribution in [0.4, 0.5) is 0 Å². The second-order valence-electron chi connectivity index (χ2n) is 6.11. The fourth-order valence-electron chi connectivity index (χ4n) is 3.22. The van der Waals surface area contributed by atoms with E-state index < -0.39 is 0 Å². The van der Waals surface area contributed by atoms with Crippen molar-refractivity contribution in [3.8, 4) is 11.3 Å². The Morgan fingerprint density at radius 1 is 1.04 bits per heavy atom. The lowest BCUT2D eigenvalue weighted by molar-refractivity contribution is 0.749. The Hall–Kier alpha value is -2.79. The van der Waals surface area contributed by atoms with Crippen LogP contribution < -0.4 is 0 Å². The van der Waals surface area contributed by atoms with Crippen LogP contribution in [-0.4, -0.2) is 25.6 Å². The summed E-state index contributed by atoms with van der Waals surface area (Å²) in [5.41, 5.74) is 5.45. The first-order valence-corrected chi connectivity index (χ1v) is 9.14. The summed E-state index contributed by atoms with van der Waals surface area (Å²) in [6.45, 7) is 2.19. The minimum atomic E-state index is 0.248. The Kier molecular flexibility index (Phi) is 3.28. The molecule has 4 nitrogen and oxygen atoms in total. The Morgan fingerprint density at radius 2 is 1.84 bits per heavy atom. The number of para-hydroxylation sites is 1. The second-order valence-corrected chi connectivity index (χ2v) is 7.42. The van der Waals surface area contributed by atoms with E-state index in [-0.39, 0.29) is 5.25 Å². The van der Waals surface area contributed by atoms with Crippen LogP contribution in [0.1, 0.15) is 12.5 Å². The molecule has 0 saturated carbocycles. The Morgan fingerprint density at radius 3 is 2.72 bits per heavy atom. The molecule has 1 atom stereocenters. The van der Waals surface area contributed by atoms with Crippen LogP contribution in [0.25, 0.3) is 22.2 Å². The van der Waals surface area contributed by atoms with Crippen molar-refractivity contribution in [2.24, 2.45) is 5.10 Å². The predicted octanol–water partition coefficient (Wildman–Crippen LogP) is 4.78. The third kappa shape index (κ3) is 2.39. The van der Waals surface area contributed by atoms with Gasteiger partial charge in [-0.2, -0.15) is 5.10 Å². The first-order chi connectivity index (χ1) is 12.3. The highest BCUT2D eigenvalue weighted by Crippen LogP contribution is 2.34. The topological polar surface area (TPSA) is 46.0 Å². The molecule has 0 amide bonds. The van der Waals surface area contributed by atoms with Gasteiger partial charge in [0, 0.05) is 28.2 Å². The van der Waals surface area contributed by atoms with Gasteiger partial charge in [0.1, 0.15) is 0 Å². The van der Waals surface area contributed by atoms with Gasteiger partial charge in [-0.15, -0.1) is 0 Å². The molecule has 122 valence electrons. The van der Waals surface area contributed by atoms with Crippen molar-refractivity contribution in [3.63, 3.8) is 0 Å². The van der Waals surface area contributed by atoms with Crippen molar-refractivity contribution in [1.29, 1.82) is 0 Å². The van der Waals surface area contributed by atoms with Gasteiger partial charge < -0.3 is 4.98 Å². The molecule has 25 heavy (non-hydrogen) atoms. The van der Waals surface area contributed by atoms with Gasteiger partial charge in [0.25, 0.3) is 0 Å². The van der Waals surface area contributed by atoms with E-state index in [1.165, 1.54) is 5.39 Å². The number of benzene rings is 2. The number of thioether (sulfide) groups is 1. The molecule has 0 aliphatic carbocycles. The summed E-state index contributed by atoms with van der Waals surface area (Å²) in [5, 5.41) is 7.29. The second kappa shape index (κ2) is 5.63. The maximum Gasteiger partial charge on any atom is 0.190 e. The van der Waals surface area contributed by atoms with Crippen LogP contribution in [0, 0.1) is 0 Å². The van der Waals surface area contributed by atoms with Gasteiger partial charge in [0.2, 0.25) is 0 Å². The van der Waals surface area contributed by atoms with E-state index in [1.54, 1.807) is 11.8 Å². The van der Waals surface area contributed by atoms with Crippen LogP contribution in [-0.2, 0) is 0 Å². The highest BCUT2D eigenvalue weighted by Gasteiger charge is 2.25. The average Bonchev–Trinajstić information content (AvgIpc) is 3.25. The fraction of sp³-hybridized carbons (Fsp3) is 0.100. The zero-order chi connectivity index (χ0) is 16.8. The van der Waals surface area contributed by atoms with Crippen molar-refractivity contribution >= 4 is 28.4 Å². The first-order valence-electron chi connectivity index (χ1n) is 8.26. The minimum Gasteiger partial charge on any atom is -0.360 e. The van der Waals surface area contributed by atoms with Crippen LogP contribution in [0.15, 0.2) is 77.2 Å². The van der Waals surface area contributed by atoms with Crippen molar-refractivity contribution in [3.05, 3.63) is 72.6 Å². The predicted molar refractivity (Wildman–Crippen MR) is 103 cm³/mol. The highest BCUT2D eigenvalue weighted by molar-refractivity contribution is 8.00. The Labute approximate surface area is 149 Å². The third-order valence-electron chi connectivity index (χ3n) is 4.47. The number of nitrogens with zero attached hydrogens (tertiary/aromatic N) is 3.